The van der Waals surface area contributed by atoms with Gasteiger partial charge in [-0.1, -0.05) is 25.3 Å². The predicted molar refractivity (Wildman–Crippen MR) is 74.6 cm³/mol. The first kappa shape index (κ1) is 12.2. The van der Waals surface area contributed by atoms with Crippen LogP contribution < -0.4 is 5.32 Å². The molecule has 18 heavy (non-hydrogen) atoms. The number of hydrogen-bond acceptors (Lipinski definition) is 2. The van der Waals surface area contributed by atoms with E-state index >= 15 is 0 Å². The second kappa shape index (κ2) is 5.40. The van der Waals surface area contributed by atoms with E-state index in [9.17, 15) is 0 Å². The predicted octanol–water partition coefficient (Wildman–Crippen LogP) is 3.28. The Morgan fingerprint density at radius 2 is 2.00 bits per heavy atom. The SMILES string of the molecule is c1ccc(C2(CNCC3CC3)CCCCC2)nc1. The highest BCUT2D eigenvalue weighted by Crippen LogP contribution is 2.38. The third-order valence-electron chi connectivity index (χ3n) is 4.61. The lowest BCUT2D eigenvalue weighted by molar-refractivity contribution is 0.272. The fraction of sp³-hybridized carbons (Fsp3) is 0.688. The van der Waals surface area contributed by atoms with E-state index in [4.69, 9.17) is 0 Å². The summed E-state index contributed by atoms with van der Waals surface area (Å²) in [5.74, 6) is 0.967. The highest BCUT2D eigenvalue weighted by atomic mass is 14.9. The van der Waals surface area contributed by atoms with Crippen LogP contribution in [0.4, 0.5) is 0 Å². The summed E-state index contributed by atoms with van der Waals surface area (Å²) in [4.78, 5) is 4.65. The molecule has 98 valence electrons. The van der Waals surface area contributed by atoms with Crippen molar-refractivity contribution in [2.45, 2.75) is 50.4 Å². The largest absolute Gasteiger partial charge is 0.316 e. The molecule has 2 fully saturated rings. The van der Waals surface area contributed by atoms with Crippen molar-refractivity contribution in [3.63, 3.8) is 0 Å². The average molecular weight is 244 g/mol. The maximum absolute atomic E-state index is 4.65. The lowest BCUT2D eigenvalue weighted by Crippen LogP contribution is -2.41. The summed E-state index contributed by atoms with van der Waals surface area (Å²) in [6.07, 6.45) is 11.6. The van der Waals surface area contributed by atoms with Gasteiger partial charge in [0, 0.05) is 23.9 Å². The van der Waals surface area contributed by atoms with E-state index in [0.29, 0.717) is 5.41 Å². The zero-order valence-corrected chi connectivity index (χ0v) is 11.2. The fourth-order valence-corrected chi connectivity index (χ4v) is 3.27. The van der Waals surface area contributed by atoms with Gasteiger partial charge in [0.2, 0.25) is 0 Å². The van der Waals surface area contributed by atoms with E-state index in [2.05, 4.69) is 22.4 Å². The van der Waals surface area contributed by atoms with Crippen LogP contribution in [-0.2, 0) is 5.41 Å². The van der Waals surface area contributed by atoms with Gasteiger partial charge in [0.1, 0.15) is 0 Å². The van der Waals surface area contributed by atoms with Crippen LogP contribution in [0.2, 0.25) is 0 Å². The van der Waals surface area contributed by atoms with Gasteiger partial charge in [-0.05, 0) is 50.3 Å². The molecular formula is C16H24N2. The molecule has 3 rings (SSSR count). The van der Waals surface area contributed by atoms with Crippen molar-refractivity contribution in [2.75, 3.05) is 13.1 Å². The molecule has 1 N–H and O–H groups in total. The van der Waals surface area contributed by atoms with Gasteiger partial charge in [0.25, 0.3) is 0 Å². The van der Waals surface area contributed by atoms with Gasteiger partial charge in [-0.25, -0.2) is 0 Å². The number of hydrogen-bond donors (Lipinski definition) is 1. The van der Waals surface area contributed by atoms with Gasteiger partial charge in [-0.15, -0.1) is 0 Å². The van der Waals surface area contributed by atoms with Crippen LogP contribution in [0.25, 0.3) is 0 Å². The maximum Gasteiger partial charge on any atom is 0.0478 e. The van der Waals surface area contributed by atoms with Crippen molar-refractivity contribution < 1.29 is 0 Å². The summed E-state index contributed by atoms with van der Waals surface area (Å²) in [6.45, 7) is 2.34. The van der Waals surface area contributed by atoms with Crippen LogP contribution in [0, 0.1) is 5.92 Å². The smallest absolute Gasteiger partial charge is 0.0478 e. The van der Waals surface area contributed by atoms with Crippen LogP contribution in [0.3, 0.4) is 0 Å². The minimum absolute atomic E-state index is 0.314. The Morgan fingerprint density at radius 1 is 1.17 bits per heavy atom. The fourth-order valence-electron chi connectivity index (χ4n) is 3.27. The standard InChI is InChI=1S/C16H24N2/c1-3-9-16(10-4-1,13-17-12-14-7-8-14)15-6-2-5-11-18-15/h2,5-6,11,14,17H,1,3-4,7-10,12-13H2. The van der Waals surface area contributed by atoms with Crippen molar-refractivity contribution in [1.29, 1.82) is 0 Å². The number of aromatic nitrogens is 1. The Hall–Kier alpha value is -0.890. The highest BCUT2D eigenvalue weighted by Gasteiger charge is 2.35. The quantitative estimate of drug-likeness (QED) is 0.859. The first-order valence-electron chi connectivity index (χ1n) is 7.51. The van der Waals surface area contributed by atoms with Crippen molar-refractivity contribution in [3.05, 3.63) is 30.1 Å². The molecule has 1 heterocycles. The van der Waals surface area contributed by atoms with Crippen LogP contribution in [-0.4, -0.2) is 18.1 Å². The van der Waals surface area contributed by atoms with Gasteiger partial charge in [0.05, 0.1) is 0 Å². The average Bonchev–Trinajstić information content (AvgIpc) is 3.25. The minimum atomic E-state index is 0.314. The van der Waals surface area contributed by atoms with E-state index < -0.39 is 0 Å². The molecule has 0 spiro atoms. The number of rotatable bonds is 5. The van der Waals surface area contributed by atoms with E-state index in [1.165, 1.54) is 57.2 Å². The highest BCUT2D eigenvalue weighted by molar-refractivity contribution is 5.18. The topological polar surface area (TPSA) is 24.9 Å². The molecule has 0 aliphatic heterocycles. The monoisotopic (exact) mass is 244 g/mol. The zero-order chi connectivity index (χ0) is 12.3. The zero-order valence-electron chi connectivity index (χ0n) is 11.2. The molecule has 0 amide bonds. The van der Waals surface area contributed by atoms with Crippen LogP contribution in [0.5, 0.6) is 0 Å². The Morgan fingerprint density at radius 3 is 2.67 bits per heavy atom. The molecule has 0 atom stereocenters. The van der Waals surface area contributed by atoms with Gasteiger partial charge in [0.15, 0.2) is 0 Å². The molecule has 0 radical (unpaired) electrons. The number of nitrogens with one attached hydrogen (secondary N) is 1. The molecule has 2 aliphatic rings. The third-order valence-corrected chi connectivity index (χ3v) is 4.61. The lowest BCUT2D eigenvalue weighted by Gasteiger charge is -2.37. The van der Waals surface area contributed by atoms with Crippen molar-refractivity contribution in [1.82, 2.24) is 10.3 Å². The van der Waals surface area contributed by atoms with E-state index in [0.717, 1.165) is 12.5 Å². The lowest BCUT2D eigenvalue weighted by atomic mass is 9.71. The van der Waals surface area contributed by atoms with Crippen molar-refractivity contribution in [2.24, 2.45) is 5.92 Å². The first-order chi connectivity index (χ1) is 8.89. The van der Waals surface area contributed by atoms with Crippen LogP contribution >= 0.6 is 0 Å². The maximum atomic E-state index is 4.65. The Balaban J connectivity index is 1.70. The second-order valence-electron chi connectivity index (χ2n) is 6.13. The summed E-state index contributed by atoms with van der Waals surface area (Å²) >= 11 is 0. The summed E-state index contributed by atoms with van der Waals surface area (Å²) in [5, 5.41) is 3.72. The normalized spacial score (nSPS) is 22.9. The number of nitrogens with zero attached hydrogens (tertiary/aromatic N) is 1. The van der Waals surface area contributed by atoms with Crippen molar-refractivity contribution in [3.8, 4) is 0 Å². The van der Waals surface area contributed by atoms with Gasteiger partial charge < -0.3 is 5.32 Å². The molecule has 1 aromatic heterocycles. The summed E-state index contributed by atoms with van der Waals surface area (Å²) in [6, 6.07) is 6.39. The second-order valence-corrected chi connectivity index (χ2v) is 6.13. The molecule has 2 saturated carbocycles. The molecular weight excluding hydrogens is 220 g/mol. The molecule has 0 bridgehead atoms. The van der Waals surface area contributed by atoms with Crippen molar-refractivity contribution >= 4 is 0 Å². The molecule has 0 aromatic carbocycles. The summed E-state index contributed by atoms with van der Waals surface area (Å²) in [5.41, 5.74) is 1.63. The molecule has 1 aromatic rings. The van der Waals surface area contributed by atoms with E-state index in [-0.39, 0.29) is 0 Å². The van der Waals surface area contributed by atoms with E-state index in [1.807, 2.05) is 12.3 Å². The third kappa shape index (κ3) is 2.74. The first-order valence-corrected chi connectivity index (χ1v) is 7.51. The molecule has 0 unspecified atom stereocenters. The van der Waals surface area contributed by atoms with Gasteiger partial charge in [-0.3, -0.25) is 4.98 Å². The Kier molecular flexibility index (Phi) is 3.64. The summed E-state index contributed by atoms with van der Waals surface area (Å²) in [7, 11) is 0. The molecule has 2 nitrogen and oxygen atoms in total. The minimum Gasteiger partial charge on any atom is -0.316 e. The summed E-state index contributed by atoms with van der Waals surface area (Å²) < 4.78 is 0. The molecule has 0 saturated heterocycles. The number of pyridine rings is 1. The Labute approximate surface area is 110 Å². The van der Waals surface area contributed by atoms with E-state index in [1.54, 1.807) is 0 Å². The van der Waals surface area contributed by atoms with Gasteiger partial charge >= 0.3 is 0 Å². The molecule has 2 aliphatic carbocycles. The van der Waals surface area contributed by atoms with Crippen LogP contribution in [0.15, 0.2) is 24.4 Å². The van der Waals surface area contributed by atoms with Gasteiger partial charge in [-0.2, -0.15) is 0 Å². The molecule has 2 heteroatoms. The Bertz CT molecular complexity index is 364. The van der Waals surface area contributed by atoms with Crippen LogP contribution in [0.1, 0.15) is 50.6 Å².